The van der Waals surface area contributed by atoms with Crippen molar-refractivity contribution in [1.29, 1.82) is 0 Å². The fourth-order valence-corrected chi connectivity index (χ4v) is 2.06. The minimum absolute atomic E-state index is 0.0371. The van der Waals surface area contributed by atoms with Crippen LogP contribution < -0.4 is 0 Å². The third kappa shape index (κ3) is 1.65. The lowest BCUT2D eigenvalue weighted by Gasteiger charge is -1.96. The van der Waals surface area contributed by atoms with Crippen LogP contribution in [0, 0.1) is 0 Å². The molecule has 2 aromatic carbocycles. The van der Waals surface area contributed by atoms with E-state index in [1.807, 2.05) is 36.4 Å². The Morgan fingerprint density at radius 2 is 1.82 bits per heavy atom. The van der Waals surface area contributed by atoms with Gasteiger partial charge in [-0.3, -0.25) is 4.79 Å². The van der Waals surface area contributed by atoms with Crippen LogP contribution in [0.25, 0.3) is 21.9 Å². The lowest BCUT2D eigenvalue weighted by Crippen LogP contribution is -1.99. The third-order valence-electron chi connectivity index (χ3n) is 2.80. The summed E-state index contributed by atoms with van der Waals surface area (Å²) in [6.07, 6.45) is 0.0371. The van der Waals surface area contributed by atoms with Gasteiger partial charge < -0.3 is 9.52 Å². The molecule has 0 aliphatic rings. The summed E-state index contributed by atoms with van der Waals surface area (Å²) in [5.74, 6) is -0.822. The molecule has 0 fully saturated rings. The van der Waals surface area contributed by atoms with Crippen molar-refractivity contribution in [3.05, 3.63) is 48.0 Å². The first-order chi connectivity index (χ1) is 8.24. The van der Waals surface area contributed by atoms with E-state index in [9.17, 15) is 4.79 Å². The fraction of sp³-hybridized carbons (Fsp3) is 0.0714. The molecule has 1 N–H and O–H groups in total. The second-order valence-corrected chi connectivity index (χ2v) is 4.00. The molecule has 3 heteroatoms. The van der Waals surface area contributed by atoms with Gasteiger partial charge in [-0.15, -0.1) is 0 Å². The first-order valence-electron chi connectivity index (χ1n) is 5.36. The molecule has 0 radical (unpaired) electrons. The highest BCUT2D eigenvalue weighted by atomic mass is 16.4. The number of para-hydroxylation sites is 1. The molecule has 0 spiro atoms. The van der Waals surface area contributed by atoms with E-state index in [1.54, 1.807) is 6.07 Å². The molecule has 0 aliphatic heterocycles. The Kier molecular flexibility index (Phi) is 2.11. The normalized spacial score (nSPS) is 11.1. The van der Waals surface area contributed by atoms with Gasteiger partial charge in [-0.25, -0.2) is 0 Å². The second-order valence-electron chi connectivity index (χ2n) is 4.00. The molecule has 3 nitrogen and oxygen atoms in total. The van der Waals surface area contributed by atoms with Crippen molar-refractivity contribution in [1.82, 2.24) is 0 Å². The first-order valence-corrected chi connectivity index (χ1v) is 5.36. The Morgan fingerprint density at radius 3 is 2.65 bits per heavy atom. The predicted octanol–water partition coefficient (Wildman–Crippen LogP) is 3.21. The molecule has 17 heavy (non-hydrogen) atoms. The van der Waals surface area contributed by atoms with Crippen molar-refractivity contribution < 1.29 is 14.3 Å². The molecule has 0 saturated heterocycles. The van der Waals surface area contributed by atoms with E-state index in [-0.39, 0.29) is 6.42 Å². The van der Waals surface area contributed by atoms with Crippen molar-refractivity contribution in [2.45, 2.75) is 6.42 Å². The number of carbonyl (C=O) groups is 1. The number of carboxylic acids is 1. The van der Waals surface area contributed by atoms with E-state index in [1.165, 1.54) is 0 Å². The van der Waals surface area contributed by atoms with Crippen LogP contribution in [0.15, 0.2) is 46.9 Å². The highest BCUT2D eigenvalue weighted by Gasteiger charge is 2.08. The maximum absolute atomic E-state index is 10.7. The summed E-state index contributed by atoms with van der Waals surface area (Å²) in [7, 11) is 0. The highest BCUT2D eigenvalue weighted by Crippen LogP contribution is 2.29. The first kappa shape index (κ1) is 9.90. The average molecular weight is 226 g/mol. The van der Waals surface area contributed by atoms with Crippen LogP contribution in [0.2, 0.25) is 0 Å². The van der Waals surface area contributed by atoms with Crippen molar-refractivity contribution in [2.75, 3.05) is 0 Å². The SMILES string of the molecule is O=C(O)Cc1ccc2oc3ccccc3c2c1. The van der Waals surface area contributed by atoms with Gasteiger partial charge in [0.1, 0.15) is 11.2 Å². The molecule has 1 aromatic heterocycles. The molecule has 0 amide bonds. The van der Waals surface area contributed by atoms with Crippen molar-refractivity contribution in [3.8, 4) is 0 Å². The molecule has 0 atom stereocenters. The van der Waals surface area contributed by atoms with Gasteiger partial charge in [0, 0.05) is 10.8 Å². The summed E-state index contributed by atoms with van der Waals surface area (Å²) >= 11 is 0. The quantitative estimate of drug-likeness (QED) is 0.729. The molecule has 3 aromatic rings. The monoisotopic (exact) mass is 226 g/mol. The number of benzene rings is 2. The van der Waals surface area contributed by atoms with Gasteiger partial charge >= 0.3 is 5.97 Å². The van der Waals surface area contributed by atoms with Crippen LogP contribution in [0.5, 0.6) is 0 Å². The zero-order chi connectivity index (χ0) is 11.8. The smallest absolute Gasteiger partial charge is 0.307 e. The lowest BCUT2D eigenvalue weighted by molar-refractivity contribution is -0.136. The Bertz CT molecular complexity index is 710. The van der Waals surface area contributed by atoms with E-state index >= 15 is 0 Å². The molecular formula is C14H10O3. The van der Waals surface area contributed by atoms with Gasteiger partial charge in [-0.2, -0.15) is 0 Å². The molecule has 84 valence electrons. The maximum Gasteiger partial charge on any atom is 0.307 e. The number of hydrogen-bond acceptors (Lipinski definition) is 2. The van der Waals surface area contributed by atoms with Crippen LogP contribution in [-0.4, -0.2) is 11.1 Å². The number of rotatable bonds is 2. The van der Waals surface area contributed by atoms with Crippen LogP contribution in [0.3, 0.4) is 0 Å². The van der Waals surface area contributed by atoms with Gasteiger partial charge in [0.05, 0.1) is 6.42 Å². The largest absolute Gasteiger partial charge is 0.481 e. The van der Waals surface area contributed by atoms with Crippen molar-refractivity contribution in [2.24, 2.45) is 0 Å². The zero-order valence-corrected chi connectivity index (χ0v) is 9.01. The minimum Gasteiger partial charge on any atom is -0.481 e. The molecule has 0 saturated carbocycles. The number of furan rings is 1. The predicted molar refractivity (Wildman–Crippen MR) is 65.1 cm³/mol. The molecule has 0 aliphatic carbocycles. The molecule has 3 rings (SSSR count). The lowest BCUT2D eigenvalue weighted by atomic mass is 10.1. The summed E-state index contributed by atoms with van der Waals surface area (Å²) in [5, 5.41) is 10.8. The summed E-state index contributed by atoms with van der Waals surface area (Å²) in [6, 6.07) is 13.3. The third-order valence-corrected chi connectivity index (χ3v) is 2.80. The van der Waals surface area contributed by atoms with E-state index in [0.29, 0.717) is 0 Å². The number of carboxylic acid groups (broad SMARTS) is 1. The van der Waals surface area contributed by atoms with Crippen LogP contribution in [0.4, 0.5) is 0 Å². The summed E-state index contributed by atoms with van der Waals surface area (Å²) in [4.78, 5) is 10.7. The minimum atomic E-state index is -0.822. The Hall–Kier alpha value is -2.29. The fourth-order valence-electron chi connectivity index (χ4n) is 2.06. The maximum atomic E-state index is 10.7. The highest BCUT2D eigenvalue weighted by molar-refractivity contribution is 6.05. The topological polar surface area (TPSA) is 50.4 Å². The zero-order valence-electron chi connectivity index (χ0n) is 9.01. The van der Waals surface area contributed by atoms with Gasteiger partial charge in [0.2, 0.25) is 0 Å². The molecule has 1 heterocycles. The summed E-state index contributed by atoms with van der Waals surface area (Å²) in [5.41, 5.74) is 2.41. The average Bonchev–Trinajstić information content (AvgIpc) is 2.66. The van der Waals surface area contributed by atoms with Gasteiger partial charge in [-0.05, 0) is 23.8 Å². The van der Waals surface area contributed by atoms with E-state index in [4.69, 9.17) is 9.52 Å². The van der Waals surface area contributed by atoms with Crippen molar-refractivity contribution in [3.63, 3.8) is 0 Å². The van der Waals surface area contributed by atoms with E-state index in [0.717, 1.165) is 27.5 Å². The van der Waals surface area contributed by atoms with Crippen LogP contribution in [-0.2, 0) is 11.2 Å². The Balaban J connectivity index is 2.26. The standard InChI is InChI=1S/C14H10O3/c15-14(16)8-9-5-6-13-11(7-9)10-3-1-2-4-12(10)17-13/h1-7H,8H2,(H,15,16). The van der Waals surface area contributed by atoms with Gasteiger partial charge in [-0.1, -0.05) is 24.3 Å². The van der Waals surface area contributed by atoms with Gasteiger partial charge in [0.15, 0.2) is 0 Å². The Labute approximate surface area is 97.3 Å². The summed E-state index contributed by atoms with van der Waals surface area (Å²) in [6.45, 7) is 0. The number of fused-ring (bicyclic) bond motifs is 3. The number of aliphatic carboxylic acids is 1. The van der Waals surface area contributed by atoms with Crippen LogP contribution >= 0.6 is 0 Å². The van der Waals surface area contributed by atoms with E-state index < -0.39 is 5.97 Å². The van der Waals surface area contributed by atoms with Gasteiger partial charge in [0.25, 0.3) is 0 Å². The molecule has 0 unspecified atom stereocenters. The van der Waals surface area contributed by atoms with Crippen LogP contribution in [0.1, 0.15) is 5.56 Å². The van der Waals surface area contributed by atoms with Crippen molar-refractivity contribution >= 4 is 27.9 Å². The summed E-state index contributed by atoms with van der Waals surface area (Å²) < 4.78 is 5.66. The number of hydrogen-bond donors (Lipinski definition) is 1. The Morgan fingerprint density at radius 1 is 1.06 bits per heavy atom. The molecular weight excluding hydrogens is 216 g/mol. The second kappa shape index (κ2) is 3.63. The molecule has 0 bridgehead atoms. The van der Waals surface area contributed by atoms with E-state index in [2.05, 4.69) is 0 Å².